The van der Waals surface area contributed by atoms with Gasteiger partial charge in [0.2, 0.25) is 0 Å². The summed E-state index contributed by atoms with van der Waals surface area (Å²) in [6.07, 6.45) is 5.70. The lowest BCUT2D eigenvalue weighted by Crippen LogP contribution is -2.59. The van der Waals surface area contributed by atoms with Crippen LogP contribution in [0.15, 0.2) is 11.6 Å². The summed E-state index contributed by atoms with van der Waals surface area (Å²) in [4.78, 5) is 9.49. The van der Waals surface area contributed by atoms with Crippen LogP contribution in [-0.2, 0) is 0 Å². The molecular formula is C15H26N4S. The van der Waals surface area contributed by atoms with Crippen molar-refractivity contribution in [2.45, 2.75) is 38.6 Å². The van der Waals surface area contributed by atoms with Crippen molar-refractivity contribution < 1.29 is 0 Å². The Morgan fingerprint density at radius 1 is 1.25 bits per heavy atom. The molecule has 0 spiro atoms. The van der Waals surface area contributed by atoms with Crippen LogP contribution < -0.4 is 10.6 Å². The van der Waals surface area contributed by atoms with Crippen LogP contribution in [0.25, 0.3) is 0 Å². The van der Waals surface area contributed by atoms with Crippen molar-refractivity contribution in [3.05, 3.63) is 11.6 Å². The molecule has 20 heavy (non-hydrogen) atoms. The van der Waals surface area contributed by atoms with Crippen LogP contribution in [-0.4, -0.2) is 48.1 Å². The molecule has 0 aromatic carbocycles. The van der Waals surface area contributed by atoms with Gasteiger partial charge in [0.15, 0.2) is 5.13 Å². The second kappa shape index (κ2) is 5.28. The van der Waals surface area contributed by atoms with E-state index in [9.17, 15) is 0 Å². The zero-order valence-corrected chi connectivity index (χ0v) is 13.5. The molecule has 2 heterocycles. The number of anilines is 1. The summed E-state index contributed by atoms with van der Waals surface area (Å²) in [6, 6.07) is 0. The summed E-state index contributed by atoms with van der Waals surface area (Å²) in [5, 5.41) is 3.22. The number of hydrogen-bond acceptors (Lipinski definition) is 5. The van der Waals surface area contributed by atoms with Crippen molar-refractivity contribution in [2.24, 2.45) is 11.1 Å². The highest BCUT2D eigenvalue weighted by molar-refractivity contribution is 7.13. The third-order valence-electron chi connectivity index (χ3n) is 5.10. The Morgan fingerprint density at radius 3 is 2.50 bits per heavy atom. The summed E-state index contributed by atoms with van der Waals surface area (Å²) in [6.45, 7) is 9.96. The van der Waals surface area contributed by atoms with Crippen LogP contribution in [0.5, 0.6) is 0 Å². The molecule has 2 aliphatic rings. The molecule has 1 unspecified atom stereocenters. The third kappa shape index (κ3) is 2.59. The first kappa shape index (κ1) is 14.3. The molecule has 0 radical (unpaired) electrons. The summed E-state index contributed by atoms with van der Waals surface area (Å²) in [7, 11) is 0. The van der Waals surface area contributed by atoms with Crippen LogP contribution in [0, 0.1) is 5.41 Å². The molecule has 1 saturated carbocycles. The van der Waals surface area contributed by atoms with Crippen LogP contribution >= 0.6 is 11.3 Å². The SMILES string of the molecule is CC1(C)CCC(CN)(N2CCN(c3nccs3)CC2)C1. The van der Waals surface area contributed by atoms with Gasteiger partial charge in [0.1, 0.15) is 0 Å². The Balaban J connectivity index is 1.65. The lowest BCUT2D eigenvalue weighted by Gasteiger charge is -2.46. The van der Waals surface area contributed by atoms with Gasteiger partial charge in [-0.05, 0) is 24.7 Å². The average molecular weight is 294 g/mol. The monoisotopic (exact) mass is 294 g/mol. The maximum atomic E-state index is 6.18. The Hall–Kier alpha value is -0.650. The second-order valence-corrected chi connectivity index (χ2v) is 7.93. The molecule has 2 N–H and O–H groups in total. The van der Waals surface area contributed by atoms with Crippen molar-refractivity contribution in [1.29, 1.82) is 0 Å². The van der Waals surface area contributed by atoms with Crippen molar-refractivity contribution in [3.8, 4) is 0 Å². The molecule has 1 aromatic heterocycles. The van der Waals surface area contributed by atoms with Gasteiger partial charge in [0.05, 0.1) is 0 Å². The highest BCUT2D eigenvalue weighted by atomic mass is 32.1. The minimum atomic E-state index is 0.248. The standard InChI is InChI=1S/C15H26N4S/c1-14(2)3-4-15(11-14,12-16)19-8-6-18(7-9-19)13-17-5-10-20-13/h5,10H,3-4,6-9,11-12,16H2,1-2H3. The molecule has 1 saturated heterocycles. The molecule has 1 atom stereocenters. The van der Waals surface area contributed by atoms with E-state index in [2.05, 4.69) is 34.0 Å². The first-order chi connectivity index (χ1) is 9.55. The van der Waals surface area contributed by atoms with Crippen molar-refractivity contribution in [1.82, 2.24) is 9.88 Å². The fourth-order valence-electron chi connectivity index (χ4n) is 3.96. The Morgan fingerprint density at radius 2 is 2.00 bits per heavy atom. The number of rotatable bonds is 3. The van der Waals surface area contributed by atoms with Crippen molar-refractivity contribution in [3.63, 3.8) is 0 Å². The minimum absolute atomic E-state index is 0.248. The predicted molar refractivity (Wildman–Crippen MR) is 85.3 cm³/mol. The lowest BCUT2D eigenvalue weighted by molar-refractivity contribution is 0.0822. The van der Waals surface area contributed by atoms with Gasteiger partial charge in [0, 0.05) is 49.8 Å². The highest BCUT2D eigenvalue weighted by Crippen LogP contribution is 2.46. The zero-order valence-electron chi connectivity index (χ0n) is 12.6. The van der Waals surface area contributed by atoms with Crippen LogP contribution in [0.4, 0.5) is 5.13 Å². The van der Waals surface area contributed by atoms with Gasteiger partial charge in [-0.1, -0.05) is 13.8 Å². The van der Waals surface area contributed by atoms with Gasteiger partial charge < -0.3 is 10.6 Å². The first-order valence-corrected chi connectivity index (χ1v) is 8.52. The number of hydrogen-bond donors (Lipinski definition) is 1. The summed E-state index contributed by atoms with van der Waals surface area (Å²) in [5.41, 5.74) is 6.88. The van der Waals surface area contributed by atoms with Gasteiger partial charge in [-0.15, -0.1) is 11.3 Å². The van der Waals surface area contributed by atoms with E-state index in [0.29, 0.717) is 5.41 Å². The average Bonchev–Trinajstić information content (AvgIpc) is 3.07. The van der Waals surface area contributed by atoms with E-state index in [4.69, 9.17) is 5.73 Å². The van der Waals surface area contributed by atoms with E-state index < -0.39 is 0 Å². The molecule has 1 aliphatic carbocycles. The maximum Gasteiger partial charge on any atom is 0.185 e. The quantitative estimate of drug-likeness (QED) is 0.928. The molecule has 4 nitrogen and oxygen atoms in total. The second-order valence-electron chi connectivity index (χ2n) is 7.06. The summed E-state index contributed by atoms with van der Waals surface area (Å²) < 4.78 is 0. The Labute approximate surface area is 126 Å². The number of nitrogens with two attached hydrogens (primary N) is 1. The number of piperazine rings is 1. The molecule has 3 rings (SSSR count). The van der Waals surface area contributed by atoms with Gasteiger partial charge in [-0.3, -0.25) is 4.90 Å². The topological polar surface area (TPSA) is 45.4 Å². The van der Waals surface area contributed by atoms with Gasteiger partial charge in [-0.2, -0.15) is 0 Å². The number of aromatic nitrogens is 1. The van der Waals surface area contributed by atoms with E-state index in [-0.39, 0.29) is 5.54 Å². The molecule has 0 bridgehead atoms. The normalized spacial score (nSPS) is 30.9. The fraction of sp³-hybridized carbons (Fsp3) is 0.800. The van der Waals surface area contributed by atoms with Crippen LogP contribution in [0.2, 0.25) is 0 Å². The van der Waals surface area contributed by atoms with E-state index in [1.807, 2.05) is 6.20 Å². The van der Waals surface area contributed by atoms with Gasteiger partial charge in [0.25, 0.3) is 0 Å². The molecular weight excluding hydrogens is 268 g/mol. The number of thiazole rings is 1. The molecule has 1 aliphatic heterocycles. The fourth-order valence-corrected chi connectivity index (χ4v) is 4.65. The van der Waals surface area contributed by atoms with E-state index in [1.165, 1.54) is 24.4 Å². The van der Waals surface area contributed by atoms with Gasteiger partial charge >= 0.3 is 0 Å². The van der Waals surface area contributed by atoms with Crippen molar-refractivity contribution >= 4 is 16.5 Å². The minimum Gasteiger partial charge on any atom is -0.346 e. The first-order valence-electron chi connectivity index (χ1n) is 7.64. The van der Waals surface area contributed by atoms with Gasteiger partial charge in [-0.25, -0.2) is 4.98 Å². The molecule has 0 amide bonds. The molecule has 1 aromatic rings. The Bertz CT molecular complexity index is 437. The lowest BCUT2D eigenvalue weighted by atomic mass is 9.86. The third-order valence-corrected chi connectivity index (χ3v) is 5.93. The number of nitrogens with zero attached hydrogens (tertiary/aromatic N) is 3. The van der Waals surface area contributed by atoms with E-state index >= 15 is 0 Å². The Kier molecular flexibility index (Phi) is 3.77. The van der Waals surface area contributed by atoms with Crippen LogP contribution in [0.3, 0.4) is 0 Å². The van der Waals surface area contributed by atoms with Crippen molar-refractivity contribution in [2.75, 3.05) is 37.6 Å². The summed E-state index contributed by atoms with van der Waals surface area (Å²) >= 11 is 1.74. The van der Waals surface area contributed by atoms with E-state index in [0.717, 1.165) is 32.7 Å². The predicted octanol–water partition coefficient (Wildman–Crippen LogP) is 2.17. The molecule has 112 valence electrons. The molecule has 5 heteroatoms. The smallest absolute Gasteiger partial charge is 0.185 e. The summed E-state index contributed by atoms with van der Waals surface area (Å²) in [5.74, 6) is 0. The van der Waals surface area contributed by atoms with E-state index in [1.54, 1.807) is 11.3 Å². The maximum absolute atomic E-state index is 6.18. The highest BCUT2D eigenvalue weighted by Gasteiger charge is 2.46. The largest absolute Gasteiger partial charge is 0.346 e. The van der Waals surface area contributed by atoms with Crippen LogP contribution in [0.1, 0.15) is 33.1 Å². The zero-order chi connectivity index (χ0) is 14.2. The molecule has 2 fully saturated rings.